The van der Waals surface area contributed by atoms with Crippen LogP contribution in [0.3, 0.4) is 0 Å². The first-order valence-corrected chi connectivity index (χ1v) is 6.55. The largest absolute Gasteiger partial charge is 0.416 e. The Bertz CT molecular complexity index is 504. The van der Waals surface area contributed by atoms with Crippen LogP contribution in [-0.2, 0) is 6.18 Å². The highest BCUT2D eigenvalue weighted by atomic mass is 35.5. The topological polar surface area (TPSA) is 35.8 Å². The highest BCUT2D eigenvalue weighted by Gasteiger charge is 2.30. The fourth-order valence-electron chi connectivity index (χ4n) is 1.64. The molecular formula is C14H16ClF3N2. The van der Waals surface area contributed by atoms with Crippen molar-refractivity contribution in [1.82, 2.24) is 0 Å². The predicted octanol–water partition coefficient (Wildman–Crippen LogP) is 5.10. The standard InChI is InChI=1S/C14H16ClF3N2/c1-13(2,9-19)6-3-7-20-12-5-4-10(8-11(12)15)14(16,17)18/h4-5,8,20H,3,6-7H2,1-2H3. The number of nitrogens with zero attached hydrogens (tertiary/aromatic N) is 1. The van der Waals surface area contributed by atoms with E-state index in [1.165, 1.54) is 6.07 Å². The van der Waals surface area contributed by atoms with Crippen LogP contribution in [0.5, 0.6) is 0 Å². The van der Waals surface area contributed by atoms with E-state index in [1.54, 1.807) is 0 Å². The minimum absolute atomic E-state index is 0.0411. The third-order valence-corrected chi connectivity index (χ3v) is 3.21. The highest BCUT2D eigenvalue weighted by Crippen LogP contribution is 2.33. The van der Waals surface area contributed by atoms with Crippen molar-refractivity contribution in [2.75, 3.05) is 11.9 Å². The van der Waals surface area contributed by atoms with Gasteiger partial charge in [-0.05, 0) is 44.9 Å². The van der Waals surface area contributed by atoms with Gasteiger partial charge < -0.3 is 5.32 Å². The molecule has 0 bridgehead atoms. The summed E-state index contributed by atoms with van der Waals surface area (Å²) in [4.78, 5) is 0. The fourth-order valence-corrected chi connectivity index (χ4v) is 1.89. The summed E-state index contributed by atoms with van der Waals surface area (Å²) in [6, 6.07) is 5.42. The van der Waals surface area contributed by atoms with Gasteiger partial charge in [-0.1, -0.05) is 11.6 Å². The number of benzene rings is 1. The van der Waals surface area contributed by atoms with Crippen molar-refractivity contribution in [3.05, 3.63) is 28.8 Å². The lowest BCUT2D eigenvalue weighted by atomic mass is 9.90. The lowest BCUT2D eigenvalue weighted by Crippen LogP contribution is -2.11. The Labute approximate surface area is 121 Å². The summed E-state index contributed by atoms with van der Waals surface area (Å²) in [5.41, 5.74) is -0.695. The Hall–Kier alpha value is -1.41. The van der Waals surface area contributed by atoms with Crippen LogP contribution in [-0.4, -0.2) is 6.54 Å². The fraction of sp³-hybridized carbons (Fsp3) is 0.500. The molecule has 0 amide bonds. The SMILES string of the molecule is CC(C)(C#N)CCCNc1ccc(C(F)(F)F)cc1Cl. The van der Waals surface area contributed by atoms with E-state index in [2.05, 4.69) is 11.4 Å². The quantitative estimate of drug-likeness (QED) is 0.768. The van der Waals surface area contributed by atoms with Crippen molar-refractivity contribution in [3.8, 4) is 6.07 Å². The van der Waals surface area contributed by atoms with Crippen molar-refractivity contribution >= 4 is 17.3 Å². The summed E-state index contributed by atoms with van der Waals surface area (Å²) in [6.45, 7) is 4.24. The number of hydrogen-bond acceptors (Lipinski definition) is 2. The van der Waals surface area contributed by atoms with Gasteiger partial charge in [0, 0.05) is 6.54 Å². The van der Waals surface area contributed by atoms with E-state index in [-0.39, 0.29) is 5.02 Å². The molecule has 110 valence electrons. The molecule has 0 radical (unpaired) electrons. The molecule has 0 atom stereocenters. The molecule has 0 aliphatic heterocycles. The first kappa shape index (κ1) is 16.6. The molecule has 0 fully saturated rings. The van der Waals surface area contributed by atoms with Crippen molar-refractivity contribution in [3.63, 3.8) is 0 Å². The van der Waals surface area contributed by atoms with Crippen molar-refractivity contribution in [1.29, 1.82) is 5.26 Å². The molecule has 0 saturated carbocycles. The minimum atomic E-state index is -4.39. The number of halogens is 4. The third-order valence-electron chi connectivity index (χ3n) is 2.89. The second-order valence-corrected chi connectivity index (χ2v) is 5.63. The van der Waals surface area contributed by atoms with Crippen molar-refractivity contribution in [2.24, 2.45) is 5.41 Å². The molecule has 1 aromatic carbocycles. The second kappa shape index (κ2) is 6.36. The van der Waals surface area contributed by atoms with Crippen LogP contribution < -0.4 is 5.32 Å². The van der Waals surface area contributed by atoms with Gasteiger partial charge in [0.1, 0.15) is 0 Å². The lowest BCUT2D eigenvalue weighted by Gasteiger charge is -2.16. The average molecular weight is 305 g/mol. The van der Waals surface area contributed by atoms with Gasteiger partial charge in [-0.2, -0.15) is 18.4 Å². The summed E-state index contributed by atoms with van der Waals surface area (Å²) in [5, 5.41) is 11.9. The summed E-state index contributed by atoms with van der Waals surface area (Å²) in [7, 11) is 0. The Morgan fingerprint density at radius 3 is 2.45 bits per heavy atom. The molecule has 6 heteroatoms. The lowest BCUT2D eigenvalue weighted by molar-refractivity contribution is -0.137. The molecule has 1 rings (SSSR count). The van der Waals surface area contributed by atoms with Crippen LogP contribution in [0.15, 0.2) is 18.2 Å². The van der Waals surface area contributed by atoms with Gasteiger partial charge in [0.15, 0.2) is 0 Å². The van der Waals surface area contributed by atoms with Crippen LogP contribution in [0.2, 0.25) is 5.02 Å². The molecular weight excluding hydrogens is 289 g/mol. The van der Waals surface area contributed by atoms with Gasteiger partial charge in [0.2, 0.25) is 0 Å². The van der Waals surface area contributed by atoms with Crippen molar-refractivity contribution < 1.29 is 13.2 Å². The number of rotatable bonds is 5. The Balaban J connectivity index is 2.56. The van der Waals surface area contributed by atoms with E-state index in [9.17, 15) is 13.2 Å². The van der Waals surface area contributed by atoms with Crippen LogP contribution >= 0.6 is 11.6 Å². The number of alkyl halides is 3. The molecule has 0 saturated heterocycles. The third kappa shape index (κ3) is 4.93. The second-order valence-electron chi connectivity index (χ2n) is 5.22. The molecule has 0 heterocycles. The Morgan fingerprint density at radius 1 is 1.30 bits per heavy atom. The predicted molar refractivity (Wildman–Crippen MR) is 73.6 cm³/mol. The molecule has 0 aliphatic carbocycles. The maximum atomic E-state index is 12.5. The van der Waals surface area contributed by atoms with E-state index in [4.69, 9.17) is 16.9 Å². The van der Waals surface area contributed by atoms with Crippen LogP contribution in [0, 0.1) is 16.7 Å². The van der Waals surface area contributed by atoms with Crippen LogP contribution in [0.25, 0.3) is 0 Å². The van der Waals surface area contributed by atoms with Gasteiger partial charge in [-0.15, -0.1) is 0 Å². The first-order valence-electron chi connectivity index (χ1n) is 6.17. The smallest absolute Gasteiger partial charge is 0.384 e. The number of nitriles is 1. The minimum Gasteiger partial charge on any atom is -0.384 e. The van der Waals surface area contributed by atoms with Gasteiger partial charge in [0.05, 0.1) is 27.8 Å². The van der Waals surface area contributed by atoms with E-state index in [0.29, 0.717) is 18.7 Å². The van der Waals surface area contributed by atoms with Crippen LogP contribution in [0.1, 0.15) is 32.3 Å². The average Bonchev–Trinajstić information content (AvgIpc) is 2.35. The number of nitrogens with one attached hydrogen (secondary N) is 1. The maximum Gasteiger partial charge on any atom is 0.416 e. The molecule has 1 aromatic rings. The molecule has 0 unspecified atom stereocenters. The molecule has 1 N–H and O–H groups in total. The Kier molecular flexibility index (Phi) is 5.29. The van der Waals surface area contributed by atoms with E-state index in [0.717, 1.165) is 18.6 Å². The summed E-state index contributed by atoms with van der Waals surface area (Å²) < 4.78 is 37.4. The van der Waals surface area contributed by atoms with E-state index in [1.807, 2.05) is 13.8 Å². The number of anilines is 1. The highest BCUT2D eigenvalue weighted by molar-refractivity contribution is 6.33. The van der Waals surface area contributed by atoms with E-state index >= 15 is 0 Å². The Morgan fingerprint density at radius 2 is 1.95 bits per heavy atom. The molecule has 0 aliphatic rings. The van der Waals surface area contributed by atoms with Crippen LogP contribution in [0.4, 0.5) is 18.9 Å². The monoisotopic (exact) mass is 304 g/mol. The zero-order valence-electron chi connectivity index (χ0n) is 11.3. The molecule has 20 heavy (non-hydrogen) atoms. The number of hydrogen-bond donors (Lipinski definition) is 1. The molecule has 0 aromatic heterocycles. The normalized spacial score (nSPS) is 12.1. The van der Waals surface area contributed by atoms with Gasteiger partial charge in [0.25, 0.3) is 0 Å². The maximum absolute atomic E-state index is 12.5. The van der Waals surface area contributed by atoms with Gasteiger partial charge in [-0.3, -0.25) is 0 Å². The zero-order valence-corrected chi connectivity index (χ0v) is 12.1. The summed E-state index contributed by atoms with van der Waals surface area (Å²) >= 11 is 5.82. The van der Waals surface area contributed by atoms with Crippen molar-refractivity contribution in [2.45, 2.75) is 32.9 Å². The molecule has 0 spiro atoms. The van der Waals surface area contributed by atoms with Gasteiger partial charge in [-0.25, -0.2) is 0 Å². The zero-order chi connectivity index (χ0) is 15.4. The first-order chi connectivity index (χ1) is 9.15. The molecule has 2 nitrogen and oxygen atoms in total. The van der Waals surface area contributed by atoms with Gasteiger partial charge >= 0.3 is 6.18 Å². The van der Waals surface area contributed by atoms with E-state index < -0.39 is 17.2 Å². The summed E-state index contributed by atoms with van der Waals surface area (Å²) in [5.74, 6) is 0. The summed E-state index contributed by atoms with van der Waals surface area (Å²) in [6.07, 6.45) is -2.95.